The van der Waals surface area contributed by atoms with Crippen LogP contribution in [0.25, 0.3) is 11.4 Å². The van der Waals surface area contributed by atoms with E-state index in [0.29, 0.717) is 11.6 Å². The zero-order valence-corrected chi connectivity index (χ0v) is 24.4. The molecule has 1 saturated carbocycles. The molecule has 0 saturated heterocycles. The minimum absolute atomic E-state index is 0.127. The fraction of sp³-hybridized carbons (Fsp3) is 0.647. The van der Waals surface area contributed by atoms with Crippen molar-refractivity contribution in [2.24, 2.45) is 11.3 Å². The minimum Gasteiger partial charge on any atom is -0.426 e. The molecule has 0 aliphatic heterocycles. The number of nitrogens with zero attached hydrogens (tertiary/aromatic N) is 3. The van der Waals surface area contributed by atoms with Crippen LogP contribution in [0.2, 0.25) is 0 Å². The largest absolute Gasteiger partial charge is 0.426 e. The normalized spacial score (nSPS) is 18.9. The van der Waals surface area contributed by atoms with Crippen LogP contribution in [0, 0.1) is 22.7 Å². The summed E-state index contributed by atoms with van der Waals surface area (Å²) in [6.45, 7) is 4.48. The summed E-state index contributed by atoms with van der Waals surface area (Å²) >= 11 is 0. The van der Waals surface area contributed by atoms with Crippen LogP contribution in [0.15, 0.2) is 36.7 Å². The van der Waals surface area contributed by atoms with Crippen molar-refractivity contribution in [1.29, 1.82) is 5.26 Å². The number of carbonyl (C=O) groups is 1. The summed E-state index contributed by atoms with van der Waals surface area (Å²) < 4.78 is 5.72. The Morgan fingerprint density at radius 1 is 0.872 bits per heavy atom. The molecule has 3 rings (SSSR count). The van der Waals surface area contributed by atoms with E-state index in [0.717, 1.165) is 50.5 Å². The SMILES string of the molecule is CCCCCCCCCC1(C#N)CCC(C(=O)Oc2ccc(-c3ncc(CCCCCCC)cn3)cc2)CC1. The molecule has 39 heavy (non-hydrogen) atoms. The van der Waals surface area contributed by atoms with Crippen LogP contribution in [0.5, 0.6) is 5.75 Å². The highest BCUT2D eigenvalue weighted by molar-refractivity contribution is 5.75. The van der Waals surface area contributed by atoms with E-state index >= 15 is 0 Å². The molecule has 1 aliphatic carbocycles. The number of rotatable bonds is 17. The summed E-state index contributed by atoms with van der Waals surface area (Å²) in [5.41, 5.74) is 1.83. The summed E-state index contributed by atoms with van der Waals surface area (Å²) in [6.07, 6.45) is 24.0. The summed E-state index contributed by atoms with van der Waals surface area (Å²) in [7, 11) is 0. The molecule has 1 aromatic heterocycles. The molecular weight excluding hydrogens is 482 g/mol. The average molecular weight is 532 g/mol. The van der Waals surface area contributed by atoms with Gasteiger partial charge in [0, 0.05) is 18.0 Å². The van der Waals surface area contributed by atoms with E-state index in [2.05, 4.69) is 29.9 Å². The Balaban J connectivity index is 1.40. The molecule has 0 spiro atoms. The summed E-state index contributed by atoms with van der Waals surface area (Å²) in [4.78, 5) is 22.0. The van der Waals surface area contributed by atoms with Crippen molar-refractivity contribution in [2.45, 2.75) is 129 Å². The highest BCUT2D eigenvalue weighted by atomic mass is 16.5. The second kappa shape index (κ2) is 17.1. The number of hydrogen-bond donors (Lipinski definition) is 0. The molecule has 0 atom stereocenters. The predicted octanol–water partition coefficient (Wildman–Crippen LogP) is 9.40. The predicted molar refractivity (Wildman–Crippen MR) is 158 cm³/mol. The molecule has 5 nitrogen and oxygen atoms in total. The number of unbranched alkanes of at least 4 members (excludes halogenated alkanes) is 10. The van der Waals surface area contributed by atoms with Gasteiger partial charge in [-0.2, -0.15) is 5.26 Å². The molecule has 212 valence electrons. The maximum Gasteiger partial charge on any atom is 0.314 e. The second-order valence-corrected chi connectivity index (χ2v) is 11.6. The highest BCUT2D eigenvalue weighted by Gasteiger charge is 2.38. The van der Waals surface area contributed by atoms with Gasteiger partial charge in [-0.15, -0.1) is 0 Å². The molecular formula is C34H49N3O2. The molecule has 1 fully saturated rings. The van der Waals surface area contributed by atoms with Gasteiger partial charge < -0.3 is 4.74 Å². The highest BCUT2D eigenvalue weighted by Crippen LogP contribution is 2.43. The molecule has 1 aliphatic rings. The van der Waals surface area contributed by atoms with Gasteiger partial charge in [0.05, 0.1) is 17.4 Å². The van der Waals surface area contributed by atoms with Crippen molar-refractivity contribution in [2.75, 3.05) is 0 Å². The average Bonchev–Trinajstić information content (AvgIpc) is 2.97. The number of nitriles is 1. The lowest BCUT2D eigenvalue weighted by molar-refractivity contribution is -0.140. The topological polar surface area (TPSA) is 75.9 Å². The van der Waals surface area contributed by atoms with Gasteiger partial charge in [-0.25, -0.2) is 9.97 Å². The maximum absolute atomic E-state index is 12.9. The Labute approximate surface area is 236 Å². The second-order valence-electron chi connectivity index (χ2n) is 11.6. The standard InChI is InChI=1S/C34H49N3O2/c1-3-5-7-9-10-12-14-22-34(27-35)23-20-30(21-24-34)33(38)39-31-18-16-29(17-19-31)32-36-25-28(26-37-32)15-13-11-8-6-4-2/h16-19,25-26,30H,3-15,20-24H2,1-2H3. The minimum atomic E-state index is -0.257. The van der Waals surface area contributed by atoms with Gasteiger partial charge in [-0.3, -0.25) is 4.79 Å². The lowest BCUT2D eigenvalue weighted by atomic mass is 9.69. The monoisotopic (exact) mass is 531 g/mol. The molecule has 1 heterocycles. The first-order chi connectivity index (χ1) is 19.1. The van der Waals surface area contributed by atoms with Crippen molar-refractivity contribution in [1.82, 2.24) is 9.97 Å². The van der Waals surface area contributed by atoms with Crippen LogP contribution in [-0.4, -0.2) is 15.9 Å². The van der Waals surface area contributed by atoms with E-state index in [1.807, 2.05) is 36.7 Å². The van der Waals surface area contributed by atoms with E-state index in [1.54, 1.807) is 0 Å². The Morgan fingerprint density at radius 2 is 1.44 bits per heavy atom. The van der Waals surface area contributed by atoms with E-state index in [1.165, 1.54) is 76.2 Å². The number of ether oxygens (including phenoxy) is 1. The van der Waals surface area contributed by atoms with Crippen molar-refractivity contribution in [3.63, 3.8) is 0 Å². The van der Waals surface area contributed by atoms with Crippen LogP contribution in [0.4, 0.5) is 0 Å². The number of aromatic nitrogens is 2. The fourth-order valence-corrected chi connectivity index (χ4v) is 5.68. The fourth-order valence-electron chi connectivity index (χ4n) is 5.68. The molecule has 0 amide bonds. The summed E-state index contributed by atoms with van der Waals surface area (Å²) in [6, 6.07) is 10.1. The third-order valence-corrected chi connectivity index (χ3v) is 8.38. The lowest BCUT2D eigenvalue weighted by Gasteiger charge is -2.34. The van der Waals surface area contributed by atoms with E-state index in [9.17, 15) is 10.1 Å². The van der Waals surface area contributed by atoms with E-state index in [-0.39, 0.29) is 17.3 Å². The van der Waals surface area contributed by atoms with Gasteiger partial charge in [0.25, 0.3) is 0 Å². The Bertz CT molecular complexity index is 1000. The molecule has 5 heteroatoms. The van der Waals surface area contributed by atoms with Crippen LogP contribution in [-0.2, 0) is 11.2 Å². The van der Waals surface area contributed by atoms with Crippen LogP contribution in [0.1, 0.15) is 129 Å². The third-order valence-electron chi connectivity index (χ3n) is 8.38. The van der Waals surface area contributed by atoms with Gasteiger partial charge in [-0.05, 0) is 74.8 Å². The lowest BCUT2D eigenvalue weighted by Crippen LogP contribution is -2.31. The van der Waals surface area contributed by atoms with Gasteiger partial charge in [0.2, 0.25) is 0 Å². The van der Waals surface area contributed by atoms with Crippen LogP contribution < -0.4 is 4.74 Å². The van der Waals surface area contributed by atoms with Crippen LogP contribution in [0.3, 0.4) is 0 Å². The quantitative estimate of drug-likeness (QED) is 0.115. The van der Waals surface area contributed by atoms with Crippen molar-refractivity contribution in [3.8, 4) is 23.2 Å². The van der Waals surface area contributed by atoms with E-state index in [4.69, 9.17) is 4.74 Å². The Kier molecular flexibility index (Phi) is 13.5. The Morgan fingerprint density at radius 3 is 2.03 bits per heavy atom. The molecule has 1 aromatic carbocycles. The van der Waals surface area contributed by atoms with E-state index < -0.39 is 0 Å². The number of esters is 1. The zero-order valence-electron chi connectivity index (χ0n) is 24.4. The van der Waals surface area contributed by atoms with Crippen molar-refractivity contribution in [3.05, 3.63) is 42.2 Å². The van der Waals surface area contributed by atoms with Crippen molar-refractivity contribution >= 4 is 5.97 Å². The smallest absolute Gasteiger partial charge is 0.314 e. The molecule has 0 unspecified atom stereocenters. The summed E-state index contributed by atoms with van der Waals surface area (Å²) in [5.74, 6) is 0.930. The van der Waals surface area contributed by atoms with Gasteiger partial charge in [0.1, 0.15) is 5.75 Å². The summed E-state index contributed by atoms with van der Waals surface area (Å²) in [5, 5.41) is 9.90. The first-order valence-corrected chi connectivity index (χ1v) is 15.6. The zero-order chi connectivity index (χ0) is 27.8. The third kappa shape index (κ3) is 10.4. The van der Waals surface area contributed by atoms with Gasteiger partial charge in [-0.1, -0.05) is 84.5 Å². The van der Waals surface area contributed by atoms with Gasteiger partial charge in [0.15, 0.2) is 5.82 Å². The molecule has 0 bridgehead atoms. The maximum atomic E-state index is 12.9. The molecule has 2 aromatic rings. The number of carbonyl (C=O) groups excluding carboxylic acids is 1. The first kappa shape index (κ1) is 30.8. The van der Waals surface area contributed by atoms with Crippen LogP contribution >= 0.6 is 0 Å². The van der Waals surface area contributed by atoms with Crippen molar-refractivity contribution < 1.29 is 9.53 Å². The number of benzene rings is 1. The van der Waals surface area contributed by atoms with Gasteiger partial charge >= 0.3 is 5.97 Å². The molecule has 0 radical (unpaired) electrons. The number of aryl methyl sites for hydroxylation is 1. The first-order valence-electron chi connectivity index (χ1n) is 15.6. The Hall–Kier alpha value is -2.74. The molecule has 0 N–H and O–H groups in total. The number of hydrogen-bond acceptors (Lipinski definition) is 5.